The van der Waals surface area contributed by atoms with Gasteiger partial charge in [-0.1, -0.05) is 11.6 Å². The lowest BCUT2D eigenvalue weighted by molar-refractivity contribution is -0.144. The Morgan fingerprint density at radius 3 is 1.60 bits per heavy atom. The second-order valence-corrected chi connectivity index (χ2v) is 16.4. The number of hydrogen-bond donors (Lipinski definition) is 5. The van der Waals surface area contributed by atoms with Crippen LogP contribution in [0.1, 0.15) is 82.3 Å². The van der Waals surface area contributed by atoms with E-state index in [2.05, 4.69) is 10.6 Å². The number of methoxy groups -OCH3 is 3. The molecule has 2 fully saturated rings. The van der Waals surface area contributed by atoms with Crippen LogP contribution in [0.3, 0.4) is 0 Å². The first-order valence-corrected chi connectivity index (χ1v) is 20.0. The minimum atomic E-state index is -0.907. The molecule has 304 valence electrons. The summed E-state index contributed by atoms with van der Waals surface area (Å²) in [6, 6.07) is 2.72. The predicted octanol–water partition coefficient (Wildman–Crippen LogP) is 7.32. The van der Waals surface area contributed by atoms with E-state index in [1.165, 1.54) is 40.4 Å². The zero-order valence-corrected chi connectivity index (χ0v) is 33.3. The standard InChI is InChI=1S/C45H48N2O11/c1-19-14-25-31-36-32(41(47-18-22-8-12-24(13-9-22)45(54)55)40(25)46-17-21-6-10-23(11-7-21)44(52)53)26(49)15-28(56-3)34(36)35-29(57-4)16-27(50)33-38(35)37(31)39(30(19)20(2)48)43(58-5)42(33)51/h14-16,21-24,30,46-47,51H,6-13,17-18H2,1-5H3,(H,52,53)(H,54,55). The number of carbonyl (C=O) groups excluding carboxylic acids is 1. The summed E-state index contributed by atoms with van der Waals surface area (Å²) in [5.74, 6) is -3.19. The topological polar surface area (TPSA) is 198 Å². The Balaban J connectivity index is 1.50. The molecular formula is C45H48N2O11. The lowest BCUT2D eigenvalue weighted by atomic mass is 9.80. The highest BCUT2D eigenvalue weighted by molar-refractivity contribution is 6.40. The number of aromatic hydroxyl groups is 1. The molecule has 13 nitrogen and oxygen atoms in total. The van der Waals surface area contributed by atoms with Crippen molar-refractivity contribution < 1.29 is 43.9 Å². The first-order chi connectivity index (χ1) is 27.8. The van der Waals surface area contributed by atoms with Gasteiger partial charge >= 0.3 is 11.9 Å². The summed E-state index contributed by atoms with van der Waals surface area (Å²) in [7, 11) is 4.29. The van der Waals surface area contributed by atoms with Crippen molar-refractivity contribution in [1.82, 2.24) is 0 Å². The Morgan fingerprint density at radius 1 is 0.655 bits per heavy atom. The van der Waals surface area contributed by atoms with Gasteiger partial charge in [-0.05, 0) is 82.4 Å². The van der Waals surface area contributed by atoms with E-state index in [9.17, 15) is 39.3 Å². The van der Waals surface area contributed by atoms with Gasteiger partial charge in [0.05, 0.1) is 61.2 Å². The second kappa shape index (κ2) is 14.8. The fourth-order valence-electron chi connectivity index (χ4n) is 10.4. The van der Waals surface area contributed by atoms with E-state index in [1.807, 2.05) is 13.0 Å². The molecule has 0 spiro atoms. The van der Waals surface area contributed by atoms with E-state index in [1.54, 1.807) is 0 Å². The van der Waals surface area contributed by atoms with Gasteiger partial charge < -0.3 is 40.2 Å². The molecule has 0 amide bonds. The number of fused-ring (bicyclic) bond motifs is 1. The number of hydrogen-bond acceptors (Lipinski definition) is 11. The fraction of sp³-hybridized carbons (Fsp3) is 0.444. The molecule has 3 aliphatic carbocycles. The normalized spacial score (nSPS) is 21.9. The highest BCUT2D eigenvalue weighted by Gasteiger charge is 2.38. The largest absolute Gasteiger partial charge is 0.504 e. The zero-order chi connectivity index (χ0) is 41.3. The van der Waals surface area contributed by atoms with Crippen LogP contribution in [0.15, 0.2) is 27.3 Å². The Bertz CT molecular complexity index is 2670. The number of carboxylic acids is 2. The van der Waals surface area contributed by atoms with Gasteiger partial charge in [-0.15, -0.1) is 0 Å². The second-order valence-electron chi connectivity index (χ2n) is 16.4. The van der Waals surface area contributed by atoms with Crippen molar-refractivity contribution >= 4 is 78.3 Å². The van der Waals surface area contributed by atoms with E-state index in [4.69, 9.17) is 14.2 Å². The third-order valence-electron chi connectivity index (χ3n) is 13.2. The first-order valence-electron chi connectivity index (χ1n) is 20.0. The van der Waals surface area contributed by atoms with Crippen molar-refractivity contribution in [2.24, 2.45) is 23.7 Å². The number of carboxylic acid groups (broad SMARTS) is 2. The minimum Gasteiger partial charge on any atom is -0.504 e. The maximum atomic E-state index is 14.7. The van der Waals surface area contributed by atoms with Gasteiger partial charge in [0.2, 0.25) is 0 Å². The molecule has 0 aromatic heterocycles. The molecule has 13 heteroatoms. The molecule has 2 saturated carbocycles. The van der Waals surface area contributed by atoms with Gasteiger partial charge in [0.15, 0.2) is 22.4 Å². The van der Waals surface area contributed by atoms with Crippen molar-refractivity contribution in [2.45, 2.75) is 71.1 Å². The van der Waals surface area contributed by atoms with E-state index < -0.39 is 35.0 Å². The minimum absolute atomic E-state index is 0.0118. The maximum absolute atomic E-state index is 14.7. The number of aliphatic carboxylic acids is 2. The van der Waals surface area contributed by atoms with Crippen molar-refractivity contribution in [2.75, 3.05) is 45.1 Å². The highest BCUT2D eigenvalue weighted by Crippen LogP contribution is 2.58. The zero-order valence-electron chi connectivity index (χ0n) is 33.3. The van der Waals surface area contributed by atoms with E-state index in [0.29, 0.717) is 130 Å². The van der Waals surface area contributed by atoms with Crippen LogP contribution in [0.4, 0.5) is 11.4 Å². The SMILES string of the molecule is COc1c(O)c2c(=O)cc(OC)c3c4c(OC)cc(=O)c5c(NCC6CCC(C(=O)O)CC6)c(NCC6CCC(C(=O)O)CC6)c6c(c(c1C(C(C)=O)C(C)=C6)c23)c54. The van der Waals surface area contributed by atoms with Gasteiger partial charge in [-0.3, -0.25) is 24.0 Å². The summed E-state index contributed by atoms with van der Waals surface area (Å²) < 4.78 is 17.8. The van der Waals surface area contributed by atoms with Crippen LogP contribution in [0.25, 0.3) is 49.2 Å². The van der Waals surface area contributed by atoms with Crippen molar-refractivity contribution in [3.63, 3.8) is 0 Å². The molecule has 58 heavy (non-hydrogen) atoms. The van der Waals surface area contributed by atoms with Gasteiger partial charge in [0.1, 0.15) is 17.3 Å². The monoisotopic (exact) mass is 792 g/mol. The number of phenolic OH excluding ortho intramolecular Hbond substituents is 1. The third kappa shape index (κ3) is 6.00. The molecule has 5 N–H and O–H groups in total. The Hall–Kier alpha value is -5.85. The molecule has 5 aromatic rings. The number of ether oxygens (including phenoxy) is 3. The Morgan fingerprint density at radius 2 is 1.14 bits per heavy atom. The predicted molar refractivity (Wildman–Crippen MR) is 223 cm³/mol. The van der Waals surface area contributed by atoms with Crippen LogP contribution in [-0.4, -0.2) is 67.5 Å². The van der Waals surface area contributed by atoms with Crippen LogP contribution in [-0.2, 0) is 14.4 Å². The number of rotatable bonds is 12. The molecule has 0 saturated heterocycles. The van der Waals surface area contributed by atoms with Crippen molar-refractivity contribution in [3.05, 3.63) is 49.3 Å². The molecule has 0 aliphatic heterocycles. The molecule has 5 aromatic carbocycles. The lowest BCUT2D eigenvalue weighted by Gasteiger charge is -2.30. The number of allylic oxidation sites excluding steroid dienone is 1. The van der Waals surface area contributed by atoms with Gasteiger partial charge in [0.25, 0.3) is 0 Å². The van der Waals surface area contributed by atoms with Crippen LogP contribution < -0.4 is 35.7 Å². The summed E-state index contributed by atoms with van der Waals surface area (Å²) in [4.78, 5) is 66.2. The summed E-state index contributed by atoms with van der Waals surface area (Å²) in [5, 5.41) is 41.9. The Labute approximate surface area is 333 Å². The molecule has 0 heterocycles. The fourth-order valence-corrected chi connectivity index (χ4v) is 10.4. The summed E-state index contributed by atoms with van der Waals surface area (Å²) in [6.45, 7) is 4.25. The molecule has 3 aliphatic rings. The van der Waals surface area contributed by atoms with Crippen LogP contribution in [0.5, 0.6) is 23.0 Å². The molecule has 1 unspecified atom stereocenters. The van der Waals surface area contributed by atoms with Gasteiger partial charge in [-0.25, -0.2) is 0 Å². The number of ketones is 1. The number of carbonyl (C=O) groups is 3. The van der Waals surface area contributed by atoms with Crippen molar-refractivity contribution in [1.29, 1.82) is 0 Å². The van der Waals surface area contributed by atoms with Gasteiger partial charge in [-0.2, -0.15) is 0 Å². The summed E-state index contributed by atoms with van der Waals surface area (Å²) in [6.07, 6.45) is 6.95. The number of phenols is 1. The maximum Gasteiger partial charge on any atom is 0.306 e. The number of anilines is 2. The van der Waals surface area contributed by atoms with Crippen LogP contribution in [0, 0.1) is 23.7 Å². The summed E-state index contributed by atoms with van der Waals surface area (Å²) >= 11 is 0. The molecule has 0 bridgehead atoms. The molecular weight excluding hydrogens is 744 g/mol. The molecule has 1 atom stereocenters. The average Bonchev–Trinajstić information content (AvgIpc) is 3.33. The molecule has 0 radical (unpaired) electrons. The highest BCUT2D eigenvalue weighted by atomic mass is 16.5. The van der Waals surface area contributed by atoms with Gasteiger partial charge in [0, 0.05) is 63.3 Å². The Kier molecular flexibility index (Phi) is 9.97. The number of Topliss-reactive ketones (excluding diaryl/α,β-unsaturated/α-hetero) is 1. The number of benzene rings is 5. The smallest absolute Gasteiger partial charge is 0.306 e. The quantitative estimate of drug-likeness (QED) is 0.0623. The molecule has 8 rings (SSSR count). The average molecular weight is 793 g/mol. The van der Waals surface area contributed by atoms with E-state index in [-0.39, 0.29) is 51.6 Å². The third-order valence-corrected chi connectivity index (χ3v) is 13.2. The number of nitrogens with one attached hydrogen (secondary N) is 2. The first kappa shape index (κ1) is 39.0. The summed E-state index contributed by atoms with van der Waals surface area (Å²) in [5.41, 5.74) is 1.98. The van der Waals surface area contributed by atoms with Crippen LogP contribution in [0.2, 0.25) is 0 Å². The van der Waals surface area contributed by atoms with Crippen LogP contribution >= 0.6 is 0 Å². The van der Waals surface area contributed by atoms with Crippen molar-refractivity contribution in [3.8, 4) is 23.0 Å². The lowest BCUT2D eigenvalue weighted by Crippen LogP contribution is -2.27. The van der Waals surface area contributed by atoms with E-state index >= 15 is 0 Å². The van der Waals surface area contributed by atoms with E-state index in [0.717, 1.165) is 0 Å².